The highest BCUT2D eigenvalue weighted by molar-refractivity contribution is 5.30. The first-order chi connectivity index (χ1) is 8.66. The van der Waals surface area contributed by atoms with Gasteiger partial charge in [-0.1, -0.05) is 6.07 Å². The first kappa shape index (κ1) is 13.3. The van der Waals surface area contributed by atoms with Gasteiger partial charge in [0, 0.05) is 12.6 Å². The topological polar surface area (TPSA) is 38.5 Å². The summed E-state index contributed by atoms with van der Waals surface area (Å²) in [4.78, 5) is 2.34. The summed E-state index contributed by atoms with van der Waals surface area (Å²) in [6.45, 7) is 5.51. The van der Waals surface area contributed by atoms with Crippen molar-refractivity contribution in [2.24, 2.45) is 5.73 Å². The van der Waals surface area contributed by atoms with E-state index in [9.17, 15) is 4.39 Å². The van der Waals surface area contributed by atoms with E-state index in [1.807, 2.05) is 13.0 Å². The Morgan fingerprint density at radius 1 is 1.39 bits per heavy atom. The number of benzene rings is 1. The third-order valence-electron chi connectivity index (χ3n) is 3.35. The maximum absolute atomic E-state index is 13.7. The molecule has 0 amide bonds. The van der Waals surface area contributed by atoms with Gasteiger partial charge in [0.15, 0.2) is 11.6 Å². The van der Waals surface area contributed by atoms with Gasteiger partial charge in [0.25, 0.3) is 0 Å². The number of halogens is 1. The maximum atomic E-state index is 13.7. The van der Waals surface area contributed by atoms with Crippen LogP contribution in [-0.4, -0.2) is 31.1 Å². The summed E-state index contributed by atoms with van der Waals surface area (Å²) in [5.74, 6) is -0.00943. The number of nitrogens with two attached hydrogens (primary N) is 1. The van der Waals surface area contributed by atoms with Crippen LogP contribution in [-0.2, 0) is 0 Å². The minimum Gasteiger partial charge on any atom is -0.489 e. The Balaban J connectivity index is 1.85. The lowest BCUT2D eigenvalue weighted by molar-refractivity contribution is 0.231. The molecule has 1 aromatic carbocycles. The number of ether oxygens (including phenoxy) is 1. The van der Waals surface area contributed by atoms with Gasteiger partial charge < -0.3 is 10.5 Å². The highest BCUT2D eigenvalue weighted by Gasteiger charge is 2.12. The van der Waals surface area contributed by atoms with E-state index in [0.29, 0.717) is 12.4 Å². The van der Waals surface area contributed by atoms with Gasteiger partial charge in [-0.25, -0.2) is 4.39 Å². The maximum Gasteiger partial charge on any atom is 0.165 e. The quantitative estimate of drug-likeness (QED) is 0.874. The molecule has 4 heteroatoms. The third-order valence-corrected chi connectivity index (χ3v) is 3.35. The summed E-state index contributed by atoms with van der Waals surface area (Å²) >= 11 is 0. The molecule has 0 saturated carbocycles. The molecule has 0 aromatic heterocycles. The Bertz CT molecular complexity index is 389. The van der Waals surface area contributed by atoms with Gasteiger partial charge in [-0.2, -0.15) is 0 Å². The van der Waals surface area contributed by atoms with Crippen molar-refractivity contribution in [3.63, 3.8) is 0 Å². The van der Waals surface area contributed by atoms with Crippen LogP contribution in [0.5, 0.6) is 5.75 Å². The molecule has 1 aliphatic heterocycles. The minimum absolute atomic E-state index is 0.154. The SMILES string of the molecule is C[C@H](N)c1ccc(OCCN2CCCC2)c(F)c1. The van der Waals surface area contributed by atoms with Crippen molar-refractivity contribution in [2.45, 2.75) is 25.8 Å². The molecule has 1 atom stereocenters. The standard InChI is InChI=1S/C14H21FN2O/c1-11(16)12-4-5-14(13(15)10-12)18-9-8-17-6-2-3-7-17/h4-5,10-11H,2-3,6-9,16H2,1H3/t11-/m0/s1. The largest absolute Gasteiger partial charge is 0.489 e. The predicted molar refractivity (Wildman–Crippen MR) is 70.2 cm³/mol. The molecule has 2 rings (SSSR count). The molecule has 18 heavy (non-hydrogen) atoms. The molecule has 0 unspecified atom stereocenters. The van der Waals surface area contributed by atoms with Gasteiger partial charge in [0.2, 0.25) is 0 Å². The highest BCUT2D eigenvalue weighted by Crippen LogP contribution is 2.21. The molecular formula is C14H21FN2O. The van der Waals surface area contributed by atoms with Crippen molar-refractivity contribution in [3.8, 4) is 5.75 Å². The third kappa shape index (κ3) is 3.43. The summed E-state index contributed by atoms with van der Waals surface area (Å²) in [6, 6.07) is 4.78. The highest BCUT2D eigenvalue weighted by atomic mass is 19.1. The fraction of sp³-hybridized carbons (Fsp3) is 0.571. The number of likely N-dealkylation sites (tertiary alicyclic amines) is 1. The Morgan fingerprint density at radius 2 is 2.11 bits per heavy atom. The van der Waals surface area contributed by atoms with E-state index in [-0.39, 0.29) is 11.9 Å². The number of hydrogen-bond donors (Lipinski definition) is 1. The summed E-state index contributed by atoms with van der Waals surface area (Å²) < 4.78 is 19.2. The van der Waals surface area contributed by atoms with Crippen molar-refractivity contribution < 1.29 is 9.13 Å². The van der Waals surface area contributed by atoms with E-state index >= 15 is 0 Å². The second-order valence-corrected chi connectivity index (χ2v) is 4.88. The normalized spacial score (nSPS) is 17.9. The van der Waals surface area contributed by atoms with Crippen LogP contribution in [0.25, 0.3) is 0 Å². The van der Waals surface area contributed by atoms with Crippen LogP contribution in [0.3, 0.4) is 0 Å². The molecule has 0 bridgehead atoms. The Morgan fingerprint density at radius 3 is 2.72 bits per heavy atom. The van der Waals surface area contributed by atoms with Gasteiger partial charge in [-0.05, 0) is 50.6 Å². The van der Waals surface area contributed by atoms with Crippen molar-refractivity contribution in [1.82, 2.24) is 4.90 Å². The Labute approximate surface area is 108 Å². The van der Waals surface area contributed by atoms with Crippen LogP contribution >= 0.6 is 0 Å². The second kappa shape index (κ2) is 6.16. The lowest BCUT2D eigenvalue weighted by Crippen LogP contribution is -2.25. The Hall–Kier alpha value is -1.13. The minimum atomic E-state index is -0.328. The predicted octanol–water partition coefficient (Wildman–Crippen LogP) is 2.32. The van der Waals surface area contributed by atoms with E-state index in [0.717, 1.165) is 25.2 Å². The molecule has 3 nitrogen and oxygen atoms in total. The molecule has 1 fully saturated rings. The van der Waals surface area contributed by atoms with Gasteiger partial charge in [0.1, 0.15) is 6.61 Å². The summed E-state index contributed by atoms with van der Waals surface area (Å²) in [6.07, 6.45) is 2.52. The van der Waals surface area contributed by atoms with Crippen molar-refractivity contribution in [3.05, 3.63) is 29.6 Å². The molecule has 1 aliphatic rings. The smallest absolute Gasteiger partial charge is 0.165 e. The molecule has 1 aromatic rings. The number of hydrogen-bond acceptors (Lipinski definition) is 3. The number of nitrogens with zero attached hydrogens (tertiary/aromatic N) is 1. The summed E-state index contributed by atoms with van der Waals surface area (Å²) in [5.41, 5.74) is 6.49. The average molecular weight is 252 g/mol. The number of rotatable bonds is 5. The van der Waals surface area contributed by atoms with Crippen LogP contribution < -0.4 is 10.5 Å². The fourth-order valence-electron chi connectivity index (χ4n) is 2.21. The molecule has 2 N–H and O–H groups in total. The molecular weight excluding hydrogens is 231 g/mol. The molecule has 100 valence electrons. The van der Waals surface area contributed by atoms with Crippen LogP contribution in [0.15, 0.2) is 18.2 Å². The monoisotopic (exact) mass is 252 g/mol. The van der Waals surface area contributed by atoms with E-state index < -0.39 is 0 Å². The first-order valence-electron chi connectivity index (χ1n) is 6.57. The average Bonchev–Trinajstić information content (AvgIpc) is 2.84. The van der Waals surface area contributed by atoms with E-state index in [2.05, 4.69) is 4.90 Å². The van der Waals surface area contributed by atoms with Gasteiger partial charge in [-0.15, -0.1) is 0 Å². The fourth-order valence-corrected chi connectivity index (χ4v) is 2.21. The van der Waals surface area contributed by atoms with Crippen LogP contribution in [0.1, 0.15) is 31.4 Å². The van der Waals surface area contributed by atoms with Crippen molar-refractivity contribution in [1.29, 1.82) is 0 Å². The molecule has 1 heterocycles. The van der Waals surface area contributed by atoms with Gasteiger partial charge in [0.05, 0.1) is 0 Å². The van der Waals surface area contributed by atoms with Crippen molar-refractivity contribution >= 4 is 0 Å². The van der Waals surface area contributed by atoms with Gasteiger partial charge in [-0.3, -0.25) is 4.90 Å². The lowest BCUT2D eigenvalue weighted by atomic mass is 10.1. The van der Waals surface area contributed by atoms with Crippen LogP contribution in [0.2, 0.25) is 0 Å². The summed E-state index contributed by atoms with van der Waals surface area (Å²) in [5, 5.41) is 0. The van der Waals surface area contributed by atoms with E-state index in [4.69, 9.17) is 10.5 Å². The van der Waals surface area contributed by atoms with Gasteiger partial charge >= 0.3 is 0 Å². The Kier molecular flexibility index (Phi) is 4.55. The van der Waals surface area contributed by atoms with E-state index in [1.165, 1.54) is 18.9 Å². The van der Waals surface area contributed by atoms with Crippen molar-refractivity contribution in [2.75, 3.05) is 26.2 Å². The lowest BCUT2D eigenvalue weighted by Gasteiger charge is -2.15. The molecule has 0 radical (unpaired) electrons. The summed E-state index contributed by atoms with van der Waals surface area (Å²) in [7, 11) is 0. The second-order valence-electron chi connectivity index (χ2n) is 4.88. The zero-order valence-corrected chi connectivity index (χ0v) is 10.9. The molecule has 0 aliphatic carbocycles. The molecule has 1 saturated heterocycles. The van der Waals surface area contributed by atoms with E-state index in [1.54, 1.807) is 6.07 Å². The zero-order chi connectivity index (χ0) is 13.0. The molecule has 0 spiro atoms. The van der Waals surface area contributed by atoms with Crippen LogP contribution in [0, 0.1) is 5.82 Å². The van der Waals surface area contributed by atoms with Crippen LogP contribution in [0.4, 0.5) is 4.39 Å². The zero-order valence-electron chi connectivity index (χ0n) is 10.9. The first-order valence-corrected chi connectivity index (χ1v) is 6.57.